The zero-order valence-electron chi connectivity index (χ0n) is 11.3. The minimum Gasteiger partial charge on any atom is -0.497 e. The third-order valence-electron chi connectivity index (χ3n) is 2.99. The van der Waals surface area contributed by atoms with Gasteiger partial charge in [-0.05, 0) is 48.4 Å². The van der Waals surface area contributed by atoms with E-state index in [9.17, 15) is 0 Å². The maximum Gasteiger partial charge on any atom is 0.118 e. The lowest BCUT2D eigenvalue weighted by molar-refractivity contribution is 0.415. The first-order chi connectivity index (χ1) is 9.61. The normalized spacial score (nSPS) is 12.6. The SMILES string of the molecule is COc1ccc(C=NC(C)c2cccc(Cl)c2Cl)cc1. The average molecular weight is 308 g/mol. The summed E-state index contributed by atoms with van der Waals surface area (Å²) in [7, 11) is 1.65. The van der Waals surface area contributed by atoms with E-state index in [-0.39, 0.29) is 6.04 Å². The van der Waals surface area contributed by atoms with Gasteiger partial charge in [-0.1, -0.05) is 35.3 Å². The van der Waals surface area contributed by atoms with E-state index in [2.05, 4.69) is 4.99 Å². The van der Waals surface area contributed by atoms with Crippen LogP contribution in [-0.4, -0.2) is 13.3 Å². The van der Waals surface area contributed by atoms with Crippen molar-refractivity contribution in [1.29, 1.82) is 0 Å². The Balaban J connectivity index is 2.15. The van der Waals surface area contributed by atoms with Crippen LogP contribution in [0, 0.1) is 0 Å². The average Bonchev–Trinajstić information content (AvgIpc) is 2.48. The van der Waals surface area contributed by atoms with Crippen LogP contribution < -0.4 is 4.74 Å². The molecular formula is C16H15Cl2NO. The Bertz CT molecular complexity index is 608. The van der Waals surface area contributed by atoms with Crippen molar-refractivity contribution in [3.63, 3.8) is 0 Å². The predicted molar refractivity (Wildman–Crippen MR) is 85.5 cm³/mol. The third-order valence-corrected chi connectivity index (χ3v) is 3.83. The first kappa shape index (κ1) is 14.9. The van der Waals surface area contributed by atoms with Crippen molar-refractivity contribution < 1.29 is 4.74 Å². The van der Waals surface area contributed by atoms with Crippen LogP contribution in [0.1, 0.15) is 24.1 Å². The molecule has 2 aromatic carbocycles. The van der Waals surface area contributed by atoms with Gasteiger partial charge in [-0.2, -0.15) is 0 Å². The molecule has 2 aromatic rings. The fourth-order valence-electron chi connectivity index (χ4n) is 1.81. The number of methoxy groups -OCH3 is 1. The van der Waals surface area contributed by atoms with E-state index < -0.39 is 0 Å². The molecule has 0 fully saturated rings. The molecule has 0 aliphatic rings. The van der Waals surface area contributed by atoms with Crippen LogP contribution in [0.25, 0.3) is 0 Å². The van der Waals surface area contributed by atoms with Crippen molar-refractivity contribution in [3.05, 3.63) is 63.6 Å². The second-order valence-corrected chi connectivity index (χ2v) is 5.16. The summed E-state index contributed by atoms with van der Waals surface area (Å²) in [5.41, 5.74) is 1.93. The summed E-state index contributed by atoms with van der Waals surface area (Å²) in [6.45, 7) is 1.98. The van der Waals surface area contributed by atoms with E-state index >= 15 is 0 Å². The topological polar surface area (TPSA) is 21.6 Å². The molecule has 0 amide bonds. The summed E-state index contributed by atoms with van der Waals surface area (Å²) in [4.78, 5) is 4.51. The van der Waals surface area contributed by atoms with E-state index in [4.69, 9.17) is 27.9 Å². The maximum absolute atomic E-state index is 6.19. The largest absolute Gasteiger partial charge is 0.497 e. The van der Waals surface area contributed by atoms with Crippen molar-refractivity contribution in [2.75, 3.05) is 7.11 Å². The Morgan fingerprint density at radius 2 is 1.80 bits per heavy atom. The van der Waals surface area contributed by atoms with E-state index in [1.54, 1.807) is 13.2 Å². The molecule has 0 heterocycles. The molecular weight excluding hydrogens is 293 g/mol. The highest BCUT2D eigenvalue weighted by Gasteiger charge is 2.09. The number of ether oxygens (including phenoxy) is 1. The minimum atomic E-state index is -0.0525. The highest BCUT2D eigenvalue weighted by atomic mass is 35.5. The minimum absolute atomic E-state index is 0.0525. The Labute approximate surface area is 129 Å². The summed E-state index contributed by atoms with van der Waals surface area (Å²) in [5.74, 6) is 0.827. The Kier molecular flexibility index (Phi) is 5.05. The second kappa shape index (κ2) is 6.78. The quantitative estimate of drug-likeness (QED) is 0.713. The lowest BCUT2D eigenvalue weighted by Crippen LogP contribution is -1.93. The molecule has 20 heavy (non-hydrogen) atoms. The molecule has 0 N–H and O–H groups in total. The third kappa shape index (κ3) is 3.53. The zero-order valence-corrected chi connectivity index (χ0v) is 12.8. The van der Waals surface area contributed by atoms with E-state index in [0.717, 1.165) is 16.9 Å². The van der Waals surface area contributed by atoms with Crippen LogP contribution >= 0.6 is 23.2 Å². The first-order valence-electron chi connectivity index (χ1n) is 6.23. The van der Waals surface area contributed by atoms with Crippen molar-refractivity contribution in [1.82, 2.24) is 0 Å². The standard InChI is InChI=1S/C16H15Cl2NO/c1-11(14-4-3-5-15(17)16(14)18)19-10-12-6-8-13(20-2)9-7-12/h3-11H,1-2H3. The summed E-state index contributed by atoms with van der Waals surface area (Å²) in [5, 5.41) is 1.12. The number of halogens is 2. The number of hydrogen-bond donors (Lipinski definition) is 0. The summed E-state index contributed by atoms with van der Waals surface area (Å²) in [6, 6.07) is 13.2. The number of nitrogens with zero attached hydrogens (tertiary/aromatic N) is 1. The molecule has 0 bridgehead atoms. The molecule has 0 saturated carbocycles. The summed E-state index contributed by atoms with van der Waals surface area (Å²) < 4.78 is 5.12. The lowest BCUT2D eigenvalue weighted by atomic mass is 10.1. The number of aliphatic imine (C=N–C) groups is 1. The lowest BCUT2D eigenvalue weighted by Gasteiger charge is -2.10. The van der Waals surface area contributed by atoms with E-state index in [0.29, 0.717) is 10.0 Å². The highest BCUT2D eigenvalue weighted by molar-refractivity contribution is 6.42. The molecule has 4 heteroatoms. The molecule has 0 spiro atoms. The molecule has 0 aromatic heterocycles. The van der Waals surface area contributed by atoms with Gasteiger partial charge in [-0.25, -0.2) is 0 Å². The Morgan fingerprint density at radius 1 is 1.10 bits per heavy atom. The highest BCUT2D eigenvalue weighted by Crippen LogP contribution is 2.31. The van der Waals surface area contributed by atoms with Crippen LogP contribution in [0.4, 0.5) is 0 Å². The number of hydrogen-bond acceptors (Lipinski definition) is 2. The van der Waals surface area contributed by atoms with Crippen LogP contribution in [0.15, 0.2) is 47.5 Å². The van der Waals surface area contributed by atoms with Crippen molar-refractivity contribution in [2.24, 2.45) is 4.99 Å². The number of benzene rings is 2. The molecule has 0 aliphatic heterocycles. The van der Waals surface area contributed by atoms with Gasteiger partial charge in [0.1, 0.15) is 5.75 Å². The van der Waals surface area contributed by atoms with Crippen molar-refractivity contribution >= 4 is 29.4 Å². The van der Waals surface area contributed by atoms with Crippen LogP contribution in [0.5, 0.6) is 5.75 Å². The van der Waals surface area contributed by atoms with Crippen LogP contribution in [0.2, 0.25) is 10.0 Å². The van der Waals surface area contributed by atoms with Crippen molar-refractivity contribution in [3.8, 4) is 5.75 Å². The zero-order chi connectivity index (χ0) is 14.5. The fourth-order valence-corrected chi connectivity index (χ4v) is 2.28. The summed E-state index contributed by atoms with van der Waals surface area (Å²) >= 11 is 12.2. The van der Waals surface area contributed by atoms with Gasteiger partial charge in [-0.3, -0.25) is 4.99 Å². The molecule has 1 unspecified atom stereocenters. The van der Waals surface area contributed by atoms with Gasteiger partial charge in [0, 0.05) is 6.21 Å². The molecule has 0 saturated heterocycles. The molecule has 104 valence electrons. The smallest absolute Gasteiger partial charge is 0.118 e. The van der Waals surface area contributed by atoms with Crippen LogP contribution in [0.3, 0.4) is 0 Å². The molecule has 2 rings (SSSR count). The van der Waals surface area contributed by atoms with E-state index in [1.165, 1.54) is 0 Å². The van der Waals surface area contributed by atoms with Crippen LogP contribution in [-0.2, 0) is 0 Å². The molecule has 2 nitrogen and oxygen atoms in total. The monoisotopic (exact) mass is 307 g/mol. The van der Waals surface area contributed by atoms with E-state index in [1.807, 2.05) is 49.5 Å². The molecule has 0 radical (unpaired) electrons. The molecule has 1 atom stereocenters. The van der Waals surface area contributed by atoms with Gasteiger partial charge in [-0.15, -0.1) is 0 Å². The summed E-state index contributed by atoms with van der Waals surface area (Å²) in [6.07, 6.45) is 1.82. The van der Waals surface area contributed by atoms with Gasteiger partial charge in [0.2, 0.25) is 0 Å². The van der Waals surface area contributed by atoms with Gasteiger partial charge in [0.05, 0.1) is 23.2 Å². The Hall–Kier alpha value is -1.51. The number of rotatable bonds is 4. The predicted octanol–water partition coefficient (Wildman–Crippen LogP) is 5.18. The first-order valence-corrected chi connectivity index (χ1v) is 6.98. The van der Waals surface area contributed by atoms with Crippen molar-refractivity contribution in [2.45, 2.75) is 13.0 Å². The van der Waals surface area contributed by atoms with Gasteiger partial charge >= 0.3 is 0 Å². The van der Waals surface area contributed by atoms with Gasteiger partial charge in [0.25, 0.3) is 0 Å². The van der Waals surface area contributed by atoms with Gasteiger partial charge in [0.15, 0.2) is 0 Å². The van der Waals surface area contributed by atoms with Gasteiger partial charge < -0.3 is 4.74 Å². The Morgan fingerprint density at radius 3 is 2.45 bits per heavy atom. The fraction of sp³-hybridized carbons (Fsp3) is 0.188. The molecule has 0 aliphatic carbocycles. The second-order valence-electron chi connectivity index (χ2n) is 4.37. The maximum atomic E-state index is 6.19.